The predicted octanol–water partition coefficient (Wildman–Crippen LogP) is 1.65. The average molecular weight is 340 g/mol. The monoisotopic (exact) mass is 340 g/mol. The molecule has 1 saturated heterocycles. The van der Waals surface area contributed by atoms with Gasteiger partial charge in [-0.1, -0.05) is 0 Å². The molecule has 25 heavy (non-hydrogen) atoms. The van der Waals surface area contributed by atoms with Crippen LogP contribution in [0.2, 0.25) is 0 Å². The molecule has 3 aromatic heterocycles. The number of aryl methyl sites for hydroxylation is 5. The van der Waals surface area contributed by atoms with Crippen LogP contribution in [0, 0.1) is 13.8 Å². The van der Waals surface area contributed by atoms with Crippen LogP contribution >= 0.6 is 0 Å². The number of hydrogen-bond acceptors (Lipinski definition) is 6. The van der Waals surface area contributed by atoms with Crippen LogP contribution in [0.25, 0.3) is 5.65 Å². The van der Waals surface area contributed by atoms with Crippen LogP contribution < -0.4 is 4.90 Å². The molecule has 8 nitrogen and oxygen atoms in total. The smallest absolute Gasteiger partial charge is 0.244 e. The first kappa shape index (κ1) is 16.0. The summed E-state index contributed by atoms with van der Waals surface area (Å²) >= 11 is 0. The number of nitrogens with zero attached hydrogens (tertiary/aromatic N) is 8. The summed E-state index contributed by atoms with van der Waals surface area (Å²) in [4.78, 5) is 16.0. The van der Waals surface area contributed by atoms with Crippen molar-refractivity contribution in [1.29, 1.82) is 0 Å². The molecule has 1 aliphatic heterocycles. The van der Waals surface area contributed by atoms with Crippen LogP contribution in [0.5, 0.6) is 0 Å². The van der Waals surface area contributed by atoms with Crippen LogP contribution in [-0.4, -0.2) is 47.4 Å². The van der Waals surface area contributed by atoms with Gasteiger partial charge in [0.2, 0.25) is 5.95 Å². The van der Waals surface area contributed by atoms with Gasteiger partial charge in [-0.2, -0.15) is 10.1 Å². The Morgan fingerprint density at radius 3 is 2.56 bits per heavy atom. The highest BCUT2D eigenvalue weighted by molar-refractivity contribution is 5.43. The molecule has 0 saturated carbocycles. The molecular weight excluding hydrogens is 316 g/mol. The minimum absolute atomic E-state index is 0.743. The molecule has 132 valence electrons. The van der Waals surface area contributed by atoms with Gasteiger partial charge in [0.1, 0.15) is 5.82 Å². The summed E-state index contributed by atoms with van der Waals surface area (Å²) in [5.41, 5.74) is 2.72. The normalized spacial score (nSPS) is 15.2. The third kappa shape index (κ3) is 3.08. The minimum atomic E-state index is 0.743. The van der Waals surface area contributed by atoms with E-state index in [0.717, 1.165) is 60.6 Å². The Kier molecular flexibility index (Phi) is 4.10. The lowest BCUT2D eigenvalue weighted by atomic mass is 10.1. The van der Waals surface area contributed by atoms with Crippen LogP contribution in [0.3, 0.4) is 0 Å². The molecule has 0 spiro atoms. The summed E-state index contributed by atoms with van der Waals surface area (Å²) in [6.07, 6.45) is 7.11. The molecule has 0 radical (unpaired) electrons. The summed E-state index contributed by atoms with van der Waals surface area (Å²) in [5, 5.41) is 9.21. The Hall–Kier alpha value is -2.51. The zero-order chi connectivity index (χ0) is 17.4. The zero-order valence-electron chi connectivity index (χ0n) is 15.1. The van der Waals surface area contributed by atoms with E-state index in [1.807, 2.05) is 36.3 Å². The number of piperidine rings is 1. The van der Waals surface area contributed by atoms with E-state index >= 15 is 0 Å². The topological polar surface area (TPSA) is 77.0 Å². The molecule has 3 aromatic rings. The maximum atomic E-state index is 4.74. The fourth-order valence-electron chi connectivity index (χ4n) is 3.31. The molecule has 4 rings (SSSR count). The summed E-state index contributed by atoms with van der Waals surface area (Å²) in [6.45, 7) is 6.07. The molecule has 1 aliphatic rings. The zero-order valence-corrected chi connectivity index (χ0v) is 15.1. The van der Waals surface area contributed by atoms with E-state index in [-0.39, 0.29) is 0 Å². The molecule has 0 amide bonds. The number of hydrogen-bond donors (Lipinski definition) is 0. The lowest BCUT2D eigenvalue weighted by Crippen LogP contribution is -2.30. The Morgan fingerprint density at radius 1 is 1.00 bits per heavy atom. The molecule has 0 N–H and O–H groups in total. The summed E-state index contributed by atoms with van der Waals surface area (Å²) in [7, 11) is 1.96. The molecule has 0 bridgehead atoms. The van der Waals surface area contributed by atoms with E-state index < -0.39 is 0 Å². The number of aromatic nitrogens is 7. The van der Waals surface area contributed by atoms with E-state index in [4.69, 9.17) is 4.98 Å². The van der Waals surface area contributed by atoms with Gasteiger partial charge in [-0.25, -0.2) is 9.50 Å². The Bertz CT molecular complexity index is 849. The Labute approximate surface area is 146 Å². The molecule has 1 fully saturated rings. The van der Waals surface area contributed by atoms with E-state index in [1.54, 1.807) is 0 Å². The van der Waals surface area contributed by atoms with Crippen molar-refractivity contribution in [3.05, 3.63) is 29.2 Å². The fourth-order valence-corrected chi connectivity index (χ4v) is 3.31. The molecule has 0 aromatic carbocycles. The maximum Gasteiger partial charge on any atom is 0.244 e. The molecule has 0 aliphatic carbocycles. The van der Waals surface area contributed by atoms with Crippen molar-refractivity contribution in [1.82, 2.24) is 34.3 Å². The summed E-state index contributed by atoms with van der Waals surface area (Å²) in [5.74, 6) is 2.66. The van der Waals surface area contributed by atoms with E-state index in [2.05, 4.69) is 25.1 Å². The fraction of sp³-hybridized carbons (Fsp3) is 0.588. The second-order valence-corrected chi connectivity index (χ2v) is 6.75. The molecule has 0 unspecified atom stereocenters. The van der Waals surface area contributed by atoms with Gasteiger partial charge in [0.05, 0.1) is 11.4 Å². The Morgan fingerprint density at radius 2 is 1.80 bits per heavy atom. The number of rotatable bonds is 4. The lowest BCUT2D eigenvalue weighted by Gasteiger charge is -2.24. The highest BCUT2D eigenvalue weighted by atomic mass is 15.4. The second kappa shape index (κ2) is 6.42. The van der Waals surface area contributed by atoms with Crippen molar-refractivity contribution >= 4 is 11.6 Å². The van der Waals surface area contributed by atoms with Crippen molar-refractivity contribution in [3.8, 4) is 0 Å². The third-order valence-electron chi connectivity index (χ3n) is 4.81. The standard InChI is InChI=1S/C17H24N8/c1-12-11-18-13(2)16-19-14(21-25(12)16)7-8-15-20-17(22-23(15)3)24-9-5-4-6-10-24/h11H,4-10H2,1-3H3. The second-order valence-electron chi connectivity index (χ2n) is 6.75. The first-order valence-electron chi connectivity index (χ1n) is 8.94. The lowest BCUT2D eigenvalue weighted by molar-refractivity contribution is 0.566. The third-order valence-corrected chi connectivity index (χ3v) is 4.81. The van der Waals surface area contributed by atoms with Gasteiger partial charge in [-0.15, -0.1) is 5.10 Å². The predicted molar refractivity (Wildman–Crippen MR) is 94.7 cm³/mol. The van der Waals surface area contributed by atoms with Crippen molar-refractivity contribution in [2.75, 3.05) is 18.0 Å². The van der Waals surface area contributed by atoms with Gasteiger partial charge < -0.3 is 4.90 Å². The highest BCUT2D eigenvalue weighted by Crippen LogP contribution is 2.17. The first-order chi connectivity index (χ1) is 12.1. The molecule has 4 heterocycles. The van der Waals surface area contributed by atoms with Crippen molar-refractivity contribution in [2.45, 2.75) is 46.0 Å². The quantitative estimate of drug-likeness (QED) is 0.719. The first-order valence-corrected chi connectivity index (χ1v) is 8.94. The molecule has 0 atom stereocenters. The van der Waals surface area contributed by atoms with E-state index in [9.17, 15) is 0 Å². The largest absolute Gasteiger partial charge is 0.340 e. The van der Waals surface area contributed by atoms with E-state index in [1.165, 1.54) is 19.3 Å². The van der Waals surface area contributed by atoms with Gasteiger partial charge in [-0.05, 0) is 33.1 Å². The average Bonchev–Trinajstić information content (AvgIpc) is 3.22. The van der Waals surface area contributed by atoms with Crippen LogP contribution in [-0.2, 0) is 19.9 Å². The van der Waals surface area contributed by atoms with Crippen molar-refractivity contribution in [3.63, 3.8) is 0 Å². The van der Waals surface area contributed by atoms with Gasteiger partial charge >= 0.3 is 0 Å². The van der Waals surface area contributed by atoms with Gasteiger partial charge in [-0.3, -0.25) is 9.67 Å². The molecular formula is C17H24N8. The highest BCUT2D eigenvalue weighted by Gasteiger charge is 2.17. The summed E-state index contributed by atoms with van der Waals surface area (Å²) in [6, 6.07) is 0. The van der Waals surface area contributed by atoms with Crippen LogP contribution in [0.15, 0.2) is 6.20 Å². The van der Waals surface area contributed by atoms with Gasteiger partial charge in [0.15, 0.2) is 11.5 Å². The molecule has 8 heteroatoms. The minimum Gasteiger partial charge on any atom is -0.340 e. The van der Waals surface area contributed by atoms with Crippen LogP contribution in [0.4, 0.5) is 5.95 Å². The Balaban J connectivity index is 1.50. The van der Waals surface area contributed by atoms with Gasteiger partial charge in [0, 0.05) is 39.2 Å². The summed E-state index contributed by atoms with van der Waals surface area (Å²) < 4.78 is 3.76. The van der Waals surface area contributed by atoms with Crippen molar-refractivity contribution < 1.29 is 0 Å². The maximum absolute atomic E-state index is 4.74. The number of anilines is 1. The van der Waals surface area contributed by atoms with Gasteiger partial charge in [0.25, 0.3) is 0 Å². The van der Waals surface area contributed by atoms with Crippen molar-refractivity contribution in [2.24, 2.45) is 7.05 Å². The SMILES string of the molecule is Cc1ncc(C)n2nc(CCc3nc(N4CCCCC4)nn3C)nc12. The van der Waals surface area contributed by atoms with Crippen LogP contribution in [0.1, 0.15) is 42.3 Å². The number of fused-ring (bicyclic) bond motifs is 1. The van der Waals surface area contributed by atoms with E-state index in [0.29, 0.717) is 0 Å².